The van der Waals surface area contributed by atoms with Gasteiger partial charge in [-0.25, -0.2) is 0 Å². The van der Waals surface area contributed by atoms with E-state index < -0.39 is 0 Å². The monoisotopic (exact) mass is 261 g/mol. The molecule has 0 amide bonds. The number of halogens is 1. The SMILES string of the molecule is Cc1ccc(Oc2ccc(CCN)cc2)c(Cl)c1. The highest BCUT2D eigenvalue weighted by molar-refractivity contribution is 6.32. The van der Waals surface area contributed by atoms with Crippen molar-refractivity contribution in [2.45, 2.75) is 13.3 Å². The Hall–Kier alpha value is -1.51. The molecule has 94 valence electrons. The number of nitrogens with two attached hydrogens (primary N) is 1. The molecule has 2 N–H and O–H groups in total. The quantitative estimate of drug-likeness (QED) is 0.905. The van der Waals surface area contributed by atoms with Crippen molar-refractivity contribution in [3.05, 3.63) is 58.6 Å². The number of rotatable bonds is 4. The van der Waals surface area contributed by atoms with E-state index in [2.05, 4.69) is 0 Å². The molecule has 0 spiro atoms. The lowest BCUT2D eigenvalue weighted by atomic mass is 10.1. The first kappa shape index (κ1) is 12.9. The Bertz CT molecular complexity index is 523. The molecule has 0 unspecified atom stereocenters. The van der Waals surface area contributed by atoms with Crippen molar-refractivity contribution < 1.29 is 4.74 Å². The van der Waals surface area contributed by atoms with Gasteiger partial charge in [-0.2, -0.15) is 0 Å². The molecule has 0 saturated heterocycles. The minimum Gasteiger partial charge on any atom is -0.456 e. The lowest BCUT2D eigenvalue weighted by Gasteiger charge is -2.08. The zero-order chi connectivity index (χ0) is 13.0. The third-order valence-corrected chi connectivity index (χ3v) is 2.97. The second-order valence-electron chi connectivity index (χ2n) is 4.22. The number of hydrogen-bond acceptors (Lipinski definition) is 2. The van der Waals surface area contributed by atoms with E-state index in [1.807, 2.05) is 49.4 Å². The molecule has 0 radical (unpaired) electrons. The summed E-state index contributed by atoms with van der Waals surface area (Å²) in [7, 11) is 0. The maximum absolute atomic E-state index is 6.12. The molecule has 2 rings (SSSR count). The summed E-state index contributed by atoms with van der Waals surface area (Å²) in [5.74, 6) is 1.45. The van der Waals surface area contributed by atoms with Crippen LogP contribution in [0.2, 0.25) is 5.02 Å². The van der Waals surface area contributed by atoms with Crippen LogP contribution >= 0.6 is 11.6 Å². The Morgan fingerprint density at radius 2 is 1.83 bits per heavy atom. The normalized spacial score (nSPS) is 10.4. The van der Waals surface area contributed by atoms with Crippen LogP contribution in [0.15, 0.2) is 42.5 Å². The number of hydrogen-bond donors (Lipinski definition) is 1. The minimum absolute atomic E-state index is 0.626. The number of benzene rings is 2. The third-order valence-electron chi connectivity index (χ3n) is 2.67. The van der Waals surface area contributed by atoms with Crippen LogP contribution in [0.3, 0.4) is 0 Å². The number of aryl methyl sites for hydroxylation is 1. The first-order valence-corrected chi connectivity index (χ1v) is 6.30. The standard InChI is InChI=1S/C15H16ClNO/c1-11-2-7-15(14(16)10-11)18-13-5-3-12(4-6-13)8-9-17/h2-7,10H,8-9,17H2,1H3. The molecule has 0 heterocycles. The molecular weight excluding hydrogens is 246 g/mol. The van der Waals surface area contributed by atoms with Crippen LogP contribution in [0.4, 0.5) is 0 Å². The van der Waals surface area contributed by atoms with E-state index in [0.29, 0.717) is 17.3 Å². The highest BCUT2D eigenvalue weighted by atomic mass is 35.5. The molecule has 0 aromatic heterocycles. The summed E-state index contributed by atoms with van der Waals surface area (Å²) in [5, 5.41) is 0.626. The summed E-state index contributed by atoms with van der Waals surface area (Å²) < 4.78 is 5.73. The molecule has 0 bridgehead atoms. The summed E-state index contributed by atoms with van der Waals surface area (Å²) in [6, 6.07) is 13.6. The van der Waals surface area contributed by atoms with Gasteiger partial charge in [0.1, 0.15) is 11.5 Å². The predicted molar refractivity (Wildman–Crippen MR) is 75.5 cm³/mol. The van der Waals surface area contributed by atoms with Gasteiger partial charge >= 0.3 is 0 Å². The van der Waals surface area contributed by atoms with Crippen LogP contribution in [-0.4, -0.2) is 6.54 Å². The topological polar surface area (TPSA) is 35.2 Å². The summed E-state index contributed by atoms with van der Waals surface area (Å²) >= 11 is 6.12. The smallest absolute Gasteiger partial charge is 0.146 e. The van der Waals surface area contributed by atoms with Crippen molar-refractivity contribution in [3.8, 4) is 11.5 Å². The first-order valence-electron chi connectivity index (χ1n) is 5.92. The molecule has 0 fully saturated rings. The molecule has 0 saturated carbocycles. The third kappa shape index (κ3) is 3.25. The van der Waals surface area contributed by atoms with Gasteiger partial charge in [0.15, 0.2) is 0 Å². The van der Waals surface area contributed by atoms with Gasteiger partial charge in [-0.3, -0.25) is 0 Å². The maximum atomic E-state index is 6.12. The van der Waals surface area contributed by atoms with Gasteiger partial charge in [0.25, 0.3) is 0 Å². The van der Waals surface area contributed by atoms with Crippen molar-refractivity contribution in [2.75, 3.05) is 6.54 Å². The maximum Gasteiger partial charge on any atom is 0.146 e. The Balaban J connectivity index is 2.13. The Labute approximate surface area is 112 Å². The summed E-state index contributed by atoms with van der Waals surface area (Å²) in [6.45, 7) is 2.65. The molecule has 2 nitrogen and oxygen atoms in total. The summed E-state index contributed by atoms with van der Waals surface area (Å²) in [5.41, 5.74) is 7.83. The molecular formula is C15H16ClNO. The van der Waals surface area contributed by atoms with Crippen molar-refractivity contribution >= 4 is 11.6 Å². The van der Waals surface area contributed by atoms with Gasteiger partial charge in [-0.15, -0.1) is 0 Å². The summed E-state index contributed by atoms with van der Waals surface area (Å²) in [6.07, 6.45) is 0.881. The summed E-state index contributed by atoms with van der Waals surface area (Å²) in [4.78, 5) is 0. The Kier molecular flexibility index (Phi) is 4.24. The molecule has 2 aromatic carbocycles. The fourth-order valence-corrected chi connectivity index (χ4v) is 1.98. The Morgan fingerprint density at radius 1 is 1.11 bits per heavy atom. The van der Waals surface area contributed by atoms with Crippen LogP contribution in [0.5, 0.6) is 11.5 Å². The fraction of sp³-hybridized carbons (Fsp3) is 0.200. The molecule has 2 aromatic rings. The van der Waals surface area contributed by atoms with Crippen LogP contribution in [0.1, 0.15) is 11.1 Å². The van der Waals surface area contributed by atoms with E-state index in [9.17, 15) is 0 Å². The Morgan fingerprint density at radius 3 is 2.44 bits per heavy atom. The predicted octanol–water partition coefficient (Wildman–Crippen LogP) is 3.94. The van der Waals surface area contributed by atoms with Gasteiger partial charge in [-0.1, -0.05) is 29.8 Å². The zero-order valence-corrected chi connectivity index (χ0v) is 11.1. The average Bonchev–Trinajstić information content (AvgIpc) is 2.35. The molecule has 3 heteroatoms. The molecule has 0 aliphatic rings. The number of ether oxygens (including phenoxy) is 1. The lowest BCUT2D eigenvalue weighted by molar-refractivity contribution is 0.482. The molecule has 18 heavy (non-hydrogen) atoms. The van der Waals surface area contributed by atoms with E-state index in [-0.39, 0.29) is 0 Å². The van der Waals surface area contributed by atoms with Gasteiger partial charge < -0.3 is 10.5 Å². The van der Waals surface area contributed by atoms with Crippen molar-refractivity contribution in [1.29, 1.82) is 0 Å². The highest BCUT2D eigenvalue weighted by Crippen LogP contribution is 2.30. The second-order valence-corrected chi connectivity index (χ2v) is 4.63. The van der Waals surface area contributed by atoms with Gasteiger partial charge in [-0.05, 0) is 55.3 Å². The van der Waals surface area contributed by atoms with E-state index in [1.165, 1.54) is 5.56 Å². The van der Waals surface area contributed by atoms with Gasteiger partial charge in [0, 0.05) is 0 Å². The van der Waals surface area contributed by atoms with E-state index in [0.717, 1.165) is 17.7 Å². The van der Waals surface area contributed by atoms with Crippen molar-refractivity contribution in [2.24, 2.45) is 5.73 Å². The van der Waals surface area contributed by atoms with Gasteiger partial charge in [0.05, 0.1) is 5.02 Å². The molecule has 0 aliphatic heterocycles. The fourth-order valence-electron chi connectivity index (χ4n) is 1.71. The molecule has 0 aliphatic carbocycles. The van der Waals surface area contributed by atoms with E-state index in [1.54, 1.807) is 0 Å². The lowest BCUT2D eigenvalue weighted by Crippen LogP contribution is -2.02. The van der Waals surface area contributed by atoms with Crippen molar-refractivity contribution in [3.63, 3.8) is 0 Å². The average molecular weight is 262 g/mol. The van der Waals surface area contributed by atoms with Crippen LogP contribution in [-0.2, 0) is 6.42 Å². The second kappa shape index (κ2) is 5.89. The van der Waals surface area contributed by atoms with Crippen LogP contribution < -0.4 is 10.5 Å². The van der Waals surface area contributed by atoms with Crippen LogP contribution in [0, 0.1) is 6.92 Å². The highest BCUT2D eigenvalue weighted by Gasteiger charge is 2.03. The van der Waals surface area contributed by atoms with Gasteiger partial charge in [0.2, 0.25) is 0 Å². The van der Waals surface area contributed by atoms with Crippen LogP contribution in [0.25, 0.3) is 0 Å². The van der Waals surface area contributed by atoms with E-state index >= 15 is 0 Å². The zero-order valence-electron chi connectivity index (χ0n) is 10.3. The molecule has 0 atom stereocenters. The largest absolute Gasteiger partial charge is 0.456 e. The van der Waals surface area contributed by atoms with E-state index in [4.69, 9.17) is 22.1 Å². The first-order chi connectivity index (χ1) is 8.69. The van der Waals surface area contributed by atoms with Crippen molar-refractivity contribution in [1.82, 2.24) is 0 Å². The minimum atomic E-state index is 0.626.